The molecular weight excluding hydrogens is 258 g/mol. The highest BCUT2D eigenvalue weighted by Crippen LogP contribution is 2.39. The second-order valence-corrected chi connectivity index (χ2v) is 6.50. The molecule has 2 atom stereocenters. The number of carbonyl (C=O) groups excluding carboxylic acids is 1. The lowest BCUT2D eigenvalue weighted by Gasteiger charge is -2.38. The zero-order valence-corrected chi connectivity index (χ0v) is 12.3. The molecule has 1 heterocycles. The summed E-state index contributed by atoms with van der Waals surface area (Å²) in [6.45, 7) is 7.14. The van der Waals surface area contributed by atoms with Gasteiger partial charge in [0, 0.05) is 6.07 Å². The number of hydrazine groups is 1. The molecule has 0 bridgehead atoms. The van der Waals surface area contributed by atoms with E-state index in [0.29, 0.717) is 23.7 Å². The normalized spacial score (nSPS) is 25.4. The molecule has 1 aromatic rings. The van der Waals surface area contributed by atoms with Crippen LogP contribution in [0.5, 0.6) is 0 Å². The van der Waals surface area contributed by atoms with Gasteiger partial charge >= 0.3 is 0 Å². The van der Waals surface area contributed by atoms with Crippen molar-refractivity contribution < 1.29 is 14.1 Å². The van der Waals surface area contributed by atoms with E-state index < -0.39 is 5.91 Å². The monoisotopic (exact) mass is 281 g/mol. The summed E-state index contributed by atoms with van der Waals surface area (Å²) >= 11 is 0. The van der Waals surface area contributed by atoms with Gasteiger partial charge in [0.2, 0.25) is 0 Å². The Kier molecular flexibility index (Phi) is 4.45. The maximum Gasteiger partial charge on any atom is 0.287 e. The van der Waals surface area contributed by atoms with Crippen LogP contribution >= 0.6 is 0 Å². The fourth-order valence-electron chi connectivity index (χ4n) is 3.15. The van der Waals surface area contributed by atoms with Crippen molar-refractivity contribution >= 4 is 5.91 Å². The first-order valence-electron chi connectivity index (χ1n) is 6.98. The van der Waals surface area contributed by atoms with Crippen LogP contribution < -0.4 is 11.3 Å². The molecule has 20 heavy (non-hydrogen) atoms. The van der Waals surface area contributed by atoms with Crippen LogP contribution in [0.4, 0.5) is 0 Å². The van der Waals surface area contributed by atoms with E-state index >= 15 is 0 Å². The van der Waals surface area contributed by atoms with Gasteiger partial charge in [-0.2, -0.15) is 0 Å². The molecule has 1 aliphatic rings. The quantitative estimate of drug-likeness (QED) is 0.500. The largest absolute Gasteiger partial charge is 0.370 e. The lowest BCUT2D eigenvalue weighted by Crippen LogP contribution is -2.32. The summed E-state index contributed by atoms with van der Waals surface area (Å²) in [6, 6.07) is 1.56. The molecule has 1 fully saturated rings. The van der Waals surface area contributed by atoms with Crippen LogP contribution in [0, 0.1) is 11.3 Å². The maximum atomic E-state index is 11.3. The maximum absolute atomic E-state index is 11.3. The second kappa shape index (κ2) is 5.93. The summed E-state index contributed by atoms with van der Waals surface area (Å²) in [6.07, 6.45) is 3.57. The number of ether oxygens (including phenoxy) is 1. The molecule has 0 aliphatic heterocycles. The molecule has 0 radical (unpaired) electrons. The zero-order chi connectivity index (χ0) is 14.8. The van der Waals surface area contributed by atoms with Crippen LogP contribution in [0.1, 0.15) is 56.3 Å². The first-order chi connectivity index (χ1) is 9.39. The third kappa shape index (κ3) is 3.80. The average molecular weight is 281 g/mol. The molecular formula is C14H23N3O3. The smallest absolute Gasteiger partial charge is 0.287 e. The van der Waals surface area contributed by atoms with E-state index in [-0.39, 0.29) is 11.8 Å². The Balaban J connectivity index is 1.88. The number of nitrogen functional groups attached to an aromatic ring is 1. The molecule has 2 unspecified atom stereocenters. The van der Waals surface area contributed by atoms with Crippen LogP contribution in [-0.2, 0) is 11.3 Å². The molecule has 0 saturated heterocycles. The topological polar surface area (TPSA) is 90.4 Å². The summed E-state index contributed by atoms with van der Waals surface area (Å²) in [5, 5.41) is 3.65. The minimum Gasteiger partial charge on any atom is -0.370 e. The lowest BCUT2D eigenvalue weighted by molar-refractivity contribution is -0.0380. The number of hydrogen-bond donors (Lipinski definition) is 2. The fraction of sp³-hybridized carbons (Fsp3) is 0.714. The highest BCUT2D eigenvalue weighted by Gasteiger charge is 2.32. The Morgan fingerprint density at radius 1 is 1.60 bits per heavy atom. The molecule has 1 aromatic heterocycles. The van der Waals surface area contributed by atoms with Crippen molar-refractivity contribution in [2.24, 2.45) is 17.2 Å². The lowest BCUT2D eigenvalue weighted by atomic mass is 9.71. The molecule has 112 valence electrons. The molecule has 3 N–H and O–H groups in total. The molecule has 6 nitrogen and oxygen atoms in total. The van der Waals surface area contributed by atoms with E-state index in [4.69, 9.17) is 15.1 Å². The Hall–Kier alpha value is -1.40. The minimum absolute atomic E-state index is 0.170. The number of rotatable bonds is 4. The van der Waals surface area contributed by atoms with Crippen molar-refractivity contribution in [3.05, 3.63) is 17.5 Å². The number of hydrogen-bond acceptors (Lipinski definition) is 5. The average Bonchev–Trinajstić information content (AvgIpc) is 2.82. The van der Waals surface area contributed by atoms with Crippen molar-refractivity contribution in [1.82, 2.24) is 10.6 Å². The van der Waals surface area contributed by atoms with Gasteiger partial charge in [0.25, 0.3) is 5.91 Å². The van der Waals surface area contributed by atoms with Gasteiger partial charge < -0.3 is 9.26 Å². The number of amides is 1. The Morgan fingerprint density at radius 3 is 3.00 bits per heavy atom. The highest BCUT2D eigenvalue weighted by atomic mass is 16.5. The van der Waals surface area contributed by atoms with Gasteiger partial charge in [0.1, 0.15) is 6.61 Å². The predicted octanol–water partition coefficient (Wildman–Crippen LogP) is 2.01. The van der Waals surface area contributed by atoms with E-state index in [1.165, 1.54) is 6.42 Å². The van der Waals surface area contributed by atoms with Gasteiger partial charge in [-0.15, -0.1) is 0 Å². The van der Waals surface area contributed by atoms with Crippen molar-refractivity contribution in [2.45, 2.75) is 52.7 Å². The zero-order valence-electron chi connectivity index (χ0n) is 12.3. The molecule has 6 heteroatoms. The minimum atomic E-state index is -0.465. The number of nitrogens with two attached hydrogens (primary N) is 1. The van der Waals surface area contributed by atoms with Crippen molar-refractivity contribution in [1.29, 1.82) is 0 Å². The molecule has 1 aliphatic carbocycles. The van der Waals surface area contributed by atoms with Crippen LogP contribution in [0.25, 0.3) is 0 Å². The molecule has 0 spiro atoms. The van der Waals surface area contributed by atoms with Gasteiger partial charge in [-0.1, -0.05) is 25.9 Å². The van der Waals surface area contributed by atoms with Crippen molar-refractivity contribution in [3.63, 3.8) is 0 Å². The molecule has 1 amide bonds. The van der Waals surface area contributed by atoms with E-state index in [0.717, 1.165) is 12.8 Å². The van der Waals surface area contributed by atoms with Crippen molar-refractivity contribution in [3.8, 4) is 0 Å². The van der Waals surface area contributed by atoms with Gasteiger partial charge in [-0.05, 0) is 30.6 Å². The standard InChI is InChI=1S/C14H23N3O3/c1-9-4-10(7-14(2,3)6-9)19-8-11-5-12(17-20-11)13(18)16-15/h5,9-10H,4,6-8,15H2,1-3H3,(H,16,18). The summed E-state index contributed by atoms with van der Waals surface area (Å²) in [7, 11) is 0. The van der Waals surface area contributed by atoms with Gasteiger partial charge in [-0.3, -0.25) is 10.2 Å². The van der Waals surface area contributed by atoms with Crippen LogP contribution in [0.15, 0.2) is 10.6 Å². The first kappa shape index (κ1) is 15.0. The van der Waals surface area contributed by atoms with Crippen LogP contribution in [0.2, 0.25) is 0 Å². The van der Waals surface area contributed by atoms with Gasteiger partial charge in [0.05, 0.1) is 6.10 Å². The third-order valence-electron chi connectivity index (χ3n) is 3.73. The fourth-order valence-corrected chi connectivity index (χ4v) is 3.15. The summed E-state index contributed by atoms with van der Waals surface area (Å²) in [5.41, 5.74) is 2.50. The summed E-state index contributed by atoms with van der Waals surface area (Å²) < 4.78 is 11.0. The van der Waals surface area contributed by atoms with E-state index in [1.54, 1.807) is 6.07 Å². The Morgan fingerprint density at radius 2 is 2.35 bits per heavy atom. The van der Waals surface area contributed by atoms with Crippen molar-refractivity contribution in [2.75, 3.05) is 0 Å². The highest BCUT2D eigenvalue weighted by molar-refractivity contribution is 5.91. The number of nitrogens with one attached hydrogen (secondary N) is 1. The Bertz CT molecular complexity index is 470. The number of aromatic nitrogens is 1. The van der Waals surface area contributed by atoms with E-state index in [1.807, 2.05) is 5.43 Å². The summed E-state index contributed by atoms with van der Waals surface area (Å²) in [4.78, 5) is 11.3. The van der Waals surface area contributed by atoms with Crippen LogP contribution in [-0.4, -0.2) is 17.2 Å². The summed E-state index contributed by atoms with van der Waals surface area (Å²) in [5.74, 6) is 5.78. The molecule has 0 aromatic carbocycles. The number of nitrogens with zero attached hydrogens (tertiary/aromatic N) is 1. The predicted molar refractivity (Wildman–Crippen MR) is 73.5 cm³/mol. The third-order valence-corrected chi connectivity index (χ3v) is 3.73. The van der Waals surface area contributed by atoms with Gasteiger partial charge in [0.15, 0.2) is 11.5 Å². The van der Waals surface area contributed by atoms with E-state index in [9.17, 15) is 4.79 Å². The van der Waals surface area contributed by atoms with Gasteiger partial charge in [-0.25, -0.2) is 5.84 Å². The van der Waals surface area contributed by atoms with E-state index in [2.05, 4.69) is 25.9 Å². The van der Waals surface area contributed by atoms with Crippen LogP contribution in [0.3, 0.4) is 0 Å². The first-order valence-corrected chi connectivity index (χ1v) is 6.98. The second-order valence-electron chi connectivity index (χ2n) is 6.50. The Labute approximate surface area is 119 Å². The SMILES string of the molecule is CC1CC(OCc2cc(C(=O)NN)no2)CC(C)(C)C1. The molecule has 1 saturated carbocycles. The number of carbonyl (C=O) groups is 1. The molecule has 2 rings (SSSR count).